The van der Waals surface area contributed by atoms with Crippen LogP contribution >= 0.6 is 23.2 Å². The topological polar surface area (TPSA) is 75.3 Å². The highest BCUT2D eigenvalue weighted by molar-refractivity contribution is 6.42. The van der Waals surface area contributed by atoms with Gasteiger partial charge in [0.2, 0.25) is 5.95 Å². The van der Waals surface area contributed by atoms with Gasteiger partial charge in [-0.1, -0.05) is 29.3 Å². The van der Waals surface area contributed by atoms with Crippen LogP contribution in [0.5, 0.6) is 0 Å². The number of cyclic esters (lactones) is 1. The number of hydrogen-bond donors (Lipinski definition) is 1. The van der Waals surface area contributed by atoms with Gasteiger partial charge in [0.1, 0.15) is 6.61 Å². The van der Waals surface area contributed by atoms with Crippen LogP contribution in [0.3, 0.4) is 0 Å². The summed E-state index contributed by atoms with van der Waals surface area (Å²) in [5, 5.41) is 0.389. The lowest BCUT2D eigenvalue weighted by Crippen LogP contribution is -2.32. The van der Waals surface area contributed by atoms with Gasteiger partial charge in [0.25, 0.3) is 5.56 Å². The molecule has 1 fully saturated rings. The Morgan fingerprint density at radius 3 is 2.54 bits per heavy atom. The van der Waals surface area contributed by atoms with E-state index < -0.39 is 35.0 Å². The lowest BCUT2D eigenvalue weighted by molar-refractivity contribution is -0.141. The quantitative estimate of drug-likeness (QED) is 0.842. The minimum atomic E-state index is -4.89. The maximum absolute atomic E-state index is 13.4. The fourth-order valence-corrected chi connectivity index (χ4v) is 2.77. The van der Waals surface area contributed by atoms with Crippen LogP contribution < -0.4 is 10.5 Å². The molecule has 2 heterocycles. The summed E-state index contributed by atoms with van der Waals surface area (Å²) >= 11 is 11.6. The summed E-state index contributed by atoms with van der Waals surface area (Å²) in [6.45, 7) is -0.0138. The highest BCUT2D eigenvalue weighted by Gasteiger charge is 2.38. The summed E-state index contributed by atoms with van der Waals surface area (Å²) in [4.78, 5) is 30.3. The predicted octanol–water partition coefficient (Wildman–Crippen LogP) is 3.64. The second-order valence-electron chi connectivity index (χ2n) is 5.41. The molecule has 138 valence electrons. The maximum atomic E-state index is 13.4. The molecule has 6 nitrogen and oxygen atoms in total. The minimum Gasteiger partial charge on any atom is -0.447 e. The number of carbonyl (C=O) groups excluding carboxylic acids is 1. The van der Waals surface area contributed by atoms with Gasteiger partial charge in [-0.3, -0.25) is 9.78 Å². The van der Waals surface area contributed by atoms with Crippen molar-refractivity contribution >= 4 is 35.2 Å². The van der Waals surface area contributed by atoms with E-state index in [9.17, 15) is 22.8 Å². The van der Waals surface area contributed by atoms with Gasteiger partial charge in [-0.2, -0.15) is 13.2 Å². The van der Waals surface area contributed by atoms with E-state index in [1.807, 2.05) is 0 Å². The predicted molar refractivity (Wildman–Crippen MR) is 87.8 cm³/mol. The van der Waals surface area contributed by atoms with Crippen molar-refractivity contribution in [2.75, 3.05) is 18.1 Å². The second-order valence-corrected chi connectivity index (χ2v) is 6.22. The Labute approximate surface area is 154 Å². The van der Waals surface area contributed by atoms with Crippen molar-refractivity contribution in [3.63, 3.8) is 0 Å². The van der Waals surface area contributed by atoms with Crippen molar-refractivity contribution in [1.82, 2.24) is 9.97 Å². The van der Waals surface area contributed by atoms with Crippen LogP contribution in [0.1, 0.15) is 16.8 Å². The van der Waals surface area contributed by atoms with Gasteiger partial charge in [-0.15, -0.1) is 0 Å². The van der Waals surface area contributed by atoms with Crippen molar-refractivity contribution in [1.29, 1.82) is 0 Å². The molecule has 1 amide bonds. The Kier molecular flexibility index (Phi) is 4.85. The standard InChI is InChI=1S/C15H10Cl2F3N3O3/c16-9-2-1-7(6-10(9)17)5-8-11(15(18,19)20)21-13(22-12(8)24)23-3-4-26-14(23)25/h1-2,6H,3-5H2,(H,21,22,24). The third kappa shape index (κ3) is 3.63. The van der Waals surface area contributed by atoms with Gasteiger partial charge >= 0.3 is 12.3 Å². The molecule has 1 saturated heterocycles. The lowest BCUT2D eigenvalue weighted by atomic mass is 10.0. The zero-order valence-electron chi connectivity index (χ0n) is 12.9. The molecule has 2 aromatic rings. The molecule has 26 heavy (non-hydrogen) atoms. The number of aromatic nitrogens is 2. The Bertz CT molecular complexity index is 931. The number of halogens is 5. The van der Waals surface area contributed by atoms with Crippen molar-refractivity contribution in [3.8, 4) is 0 Å². The first-order valence-corrected chi connectivity index (χ1v) is 8.01. The number of nitrogens with one attached hydrogen (secondary N) is 1. The monoisotopic (exact) mass is 407 g/mol. The van der Waals surface area contributed by atoms with Crippen molar-refractivity contribution < 1.29 is 22.7 Å². The summed E-state index contributed by atoms with van der Waals surface area (Å²) in [5.74, 6) is -0.511. The van der Waals surface area contributed by atoms with Crippen molar-refractivity contribution in [2.45, 2.75) is 12.6 Å². The van der Waals surface area contributed by atoms with E-state index in [0.717, 1.165) is 4.90 Å². The van der Waals surface area contributed by atoms with Gasteiger partial charge in [-0.25, -0.2) is 14.7 Å². The summed E-state index contributed by atoms with van der Waals surface area (Å²) in [7, 11) is 0. The first kappa shape index (κ1) is 18.5. The molecule has 11 heteroatoms. The fraction of sp³-hybridized carbons (Fsp3) is 0.267. The fourth-order valence-electron chi connectivity index (χ4n) is 2.45. The van der Waals surface area contributed by atoms with E-state index in [0.29, 0.717) is 5.56 Å². The van der Waals surface area contributed by atoms with Crippen molar-refractivity contribution in [2.24, 2.45) is 0 Å². The van der Waals surface area contributed by atoms with Gasteiger partial charge < -0.3 is 4.74 Å². The average Bonchev–Trinajstić information content (AvgIpc) is 2.97. The largest absolute Gasteiger partial charge is 0.447 e. The lowest BCUT2D eigenvalue weighted by Gasteiger charge is -2.16. The second kappa shape index (κ2) is 6.81. The molecule has 3 rings (SSSR count). The molecule has 0 spiro atoms. The Balaban J connectivity index is 2.07. The number of aromatic amines is 1. The van der Waals surface area contributed by atoms with E-state index in [2.05, 4.69) is 14.7 Å². The molecular formula is C15H10Cl2F3N3O3. The summed E-state index contributed by atoms with van der Waals surface area (Å²) in [5.41, 5.74) is -2.62. The van der Waals surface area contributed by atoms with Gasteiger partial charge in [-0.05, 0) is 17.7 Å². The third-order valence-corrected chi connectivity index (χ3v) is 4.39. The number of anilines is 1. The first-order chi connectivity index (χ1) is 12.2. The molecule has 0 atom stereocenters. The van der Waals surface area contributed by atoms with E-state index in [4.69, 9.17) is 23.2 Å². The van der Waals surface area contributed by atoms with Crippen LogP contribution in [-0.4, -0.2) is 29.2 Å². The summed E-state index contributed by atoms with van der Waals surface area (Å²) in [6.07, 6.45) is -6.13. The number of H-pyrrole nitrogens is 1. The molecule has 1 aromatic carbocycles. The molecule has 0 radical (unpaired) electrons. The number of benzene rings is 1. The number of ether oxygens (including phenoxy) is 1. The molecule has 1 aliphatic rings. The van der Waals surface area contributed by atoms with E-state index in [1.54, 1.807) is 0 Å². The normalized spacial score (nSPS) is 14.7. The first-order valence-electron chi connectivity index (χ1n) is 7.25. The Hall–Kier alpha value is -2.26. The average molecular weight is 408 g/mol. The highest BCUT2D eigenvalue weighted by atomic mass is 35.5. The van der Waals surface area contributed by atoms with E-state index >= 15 is 0 Å². The molecule has 1 aliphatic heterocycles. The van der Waals surface area contributed by atoms with Gasteiger partial charge in [0, 0.05) is 6.42 Å². The van der Waals surface area contributed by atoms with Crippen LogP contribution in [0.15, 0.2) is 23.0 Å². The van der Waals surface area contributed by atoms with Crippen LogP contribution in [-0.2, 0) is 17.3 Å². The highest BCUT2D eigenvalue weighted by Crippen LogP contribution is 2.32. The number of alkyl halides is 3. The van der Waals surface area contributed by atoms with Crippen LogP contribution in [0.2, 0.25) is 10.0 Å². The summed E-state index contributed by atoms with van der Waals surface area (Å²) in [6, 6.07) is 4.25. The van der Waals surface area contributed by atoms with E-state index in [-0.39, 0.29) is 29.6 Å². The number of carbonyl (C=O) groups is 1. The number of hydrogen-bond acceptors (Lipinski definition) is 4. The molecule has 0 unspecified atom stereocenters. The van der Waals surface area contributed by atoms with Crippen LogP contribution in [0, 0.1) is 0 Å². The third-order valence-electron chi connectivity index (χ3n) is 3.65. The SMILES string of the molecule is O=C1OCCN1c1nc(C(F)(F)F)c(Cc2ccc(Cl)c(Cl)c2)c(=O)[nH]1. The Morgan fingerprint density at radius 1 is 1.23 bits per heavy atom. The van der Waals surface area contributed by atoms with Crippen molar-refractivity contribution in [3.05, 3.63) is 55.4 Å². The smallest absolute Gasteiger partial charge is 0.433 e. The zero-order chi connectivity index (χ0) is 19.1. The molecule has 0 bridgehead atoms. The molecule has 0 saturated carbocycles. The zero-order valence-corrected chi connectivity index (χ0v) is 14.4. The summed E-state index contributed by atoms with van der Waals surface area (Å²) < 4.78 is 45.0. The number of amides is 1. The molecule has 0 aliphatic carbocycles. The van der Waals surface area contributed by atoms with Crippen LogP contribution in [0.25, 0.3) is 0 Å². The number of rotatable bonds is 3. The maximum Gasteiger partial charge on any atom is 0.433 e. The van der Waals surface area contributed by atoms with Crippen LogP contribution in [0.4, 0.5) is 23.9 Å². The molecule has 1 N–H and O–H groups in total. The van der Waals surface area contributed by atoms with Gasteiger partial charge in [0.15, 0.2) is 5.69 Å². The minimum absolute atomic E-state index is 0.00504. The molecule has 1 aromatic heterocycles. The van der Waals surface area contributed by atoms with E-state index in [1.165, 1.54) is 18.2 Å². The Morgan fingerprint density at radius 2 is 1.96 bits per heavy atom. The molecular weight excluding hydrogens is 398 g/mol. The van der Waals surface area contributed by atoms with Gasteiger partial charge in [0.05, 0.1) is 22.2 Å². The number of nitrogens with zero attached hydrogens (tertiary/aromatic N) is 2.